The number of pyridine rings is 1. The summed E-state index contributed by atoms with van der Waals surface area (Å²) in [6.45, 7) is 3.48. The summed E-state index contributed by atoms with van der Waals surface area (Å²) in [6.07, 6.45) is 2.11. The number of benzene rings is 3. The second-order valence-electron chi connectivity index (χ2n) is 7.87. The summed E-state index contributed by atoms with van der Waals surface area (Å²) in [6, 6.07) is 19.8. The fourth-order valence-corrected chi connectivity index (χ4v) is 4.36. The minimum atomic E-state index is 0.218. The van der Waals surface area contributed by atoms with Crippen LogP contribution in [0.5, 0.6) is 17.2 Å². The lowest BCUT2D eigenvalue weighted by molar-refractivity contribution is 0.174. The largest absolute Gasteiger partial charge is 0.494 e. The molecule has 7 heteroatoms. The molecule has 6 rings (SSSR count). The van der Waals surface area contributed by atoms with Crippen LogP contribution in [0, 0.1) is 0 Å². The quantitative estimate of drug-likeness (QED) is 0.322. The van der Waals surface area contributed by atoms with Crippen molar-refractivity contribution in [2.45, 2.75) is 13.5 Å². The number of aromatic nitrogens is 3. The minimum Gasteiger partial charge on any atom is -0.494 e. The van der Waals surface area contributed by atoms with Crippen molar-refractivity contribution in [1.29, 1.82) is 0 Å². The van der Waals surface area contributed by atoms with Crippen LogP contribution in [-0.2, 0) is 6.54 Å². The summed E-state index contributed by atoms with van der Waals surface area (Å²) in [7, 11) is 0. The van der Waals surface area contributed by atoms with Gasteiger partial charge in [0.1, 0.15) is 17.1 Å². The molecule has 0 fully saturated rings. The Hall–Kier alpha value is -3.77. The first-order valence-corrected chi connectivity index (χ1v) is 11.1. The van der Waals surface area contributed by atoms with Gasteiger partial charge in [-0.15, -0.1) is 10.2 Å². The first-order valence-electron chi connectivity index (χ1n) is 10.8. The SMILES string of the molecule is CCOc1ccc(-c2nnc3c4cc5c(cc4n(Cc4ccc(Cl)cc4)cc2-3)OCO5)cc1. The monoisotopic (exact) mass is 457 g/mol. The van der Waals surface area contributed by atoms with Gasteiger partial charge in [0.05, 0.1) is 12.1 Å². The Labute approximate surface area is 195 Å². The molecular formula is C26H20ClN3O3. The molecule has 0 bridgehead atoms. The van der Waals surface area contributed by atoms with E-state index in [-0.39, 0.29) is 6.79 Å². The lowest BCUT2D eigenvalue weighted by Gasteiger charge is -2.16. The Balaban J connectivity index is 1.53. The molecule has 0 amide bonds. The number of ether oxygens (including phenoxy) is 3. The third-order valence-electron chi connectivity index (χ3n) is 5.81. The zero-order chi connectivity index (χ0) is 22.4. The topological polar surface area (TPSA) is 58.4 Å². The summed E-state index contributed by atoms with van der Waals surface area (Å²) >= 11 is 6.09. The molecule has 0 saturated carbocycles. The van der Waals surface area contributed by atoms with E-state index in [0.717, 1.165) is 61.3 Å². The van der Waals surface area contributed by atoms with E-state index in [9.17, 15) is 0 Å². The van der Waals surface area contributed by atoms with E-state index in [1.165, 1.54) is 0 Å². The lowest BCUT2D eigenvalue weighted by atomic mass is 10.0. The van der Waals surface area contributed by atoms with Gasteiger partial charge in [-0.1, -0.05) is 23.7 Å². The van der Waals surface area contributed by atoms with Crippen LogP contribution in [0.4, 0.5) is 0 Å². The predicted octanol–water partition coefficient (Wildman–Crippen LogP) is 6.03. The van der Waals surface area contributed by atoms with Crippen LogP contribution in [0.3, 0.4) is 0 Å². The summed E-state index contributed by atoms with van der Waals surface area (Å²) in [5.41, 5.74) is 5.76. The first kappa shape index (κ1) is 19.9. The van der Waals surface area contributed by atoms with Gasteiger partial charge in [-0.3, -0.25) is 0 Å². The smallest absolute Gasteiger partial charge is 0.231 e. The number of halogens is 1. The molecule has 0 saturated heterocycles. The van der Waals surface area contributed by atoms with Gasteiger partial charge in [0.15, 0.2) is 11.5 Å². The molecule has 3 heterocycles. The summed E-state index contributed by atoms with van der Waals surface area (Å²) in [5, 5.41) is 10.8. The van der Waals surface area contributed by atoms with Gasteiger partial charge in [0.2, 0.25) is 6.79 Å². The molecule has 0 spiro atoms. The van der Waals surface area contributed by atoms with Gasteiger partial charge >= 0.3 is 0 Å². The Kier molecular flexibility index (Phi) is 4.80. The predicted molar refractivity (Wildman–Crippen MR) is 127 cm³/mol. The van der Waals surface area contributed by atoms with Crippen molar-refractivity contribution in [2.24, 2.45) is 0 Å². The van der Waals surface area contributed by atoms with Gasteiger partial charge in [-0.05, 0) is 55.0 Å². The molecule has 6 nitrogen and oxygen atoms in total. The molecule has 0 N–H and O–H groups in total. The molecule has 0 aromatic heterocycles. The van der Waals surface area contributed by atoms with E-state index in [2.05, 4.69) is 21.0 Å². The standard InChI is InChI=1S/C26H20ClN3O3/c1-2-31-19-9-5-17(6-10-19)25-21-14-30(13-16-3-7-18(27)8-4-16)22-12-24-23(32-15-33-24)11-20(22)26(21)29-28-25/h3-12,14H,2,13,15H2,1H3. The fourth-order valence-electron chi connectivity index (χ4n) is 4.23. The normalized spacial score (nSPS) is 12.5. The fraction of sp³-hybridized carbons (Fsp3) is 0.154. The molecule has 3 aromatic carbocycles. The number of nitrogens with zero attached hydrogens (tertiary/aromatic N) is 3. The van der Waals surface area contributed by atoms with E-state index in [1.54, 1.807) is 0 Å². The van der Waals surface area contributed by atoms with Crippen molar-refractivity contribution in [1.82, 2.24) is 14.8 Å². The van der Waals surface area contributed by atoms with Gasteiger partial charge in [-0.2, -0.15) is 0 Å². The van der Waals surface area contributed by atoms with Crippen LogP contribution in [0.25, 0.3) is 33.4 Å². The highest BCUT2D eigenvalue weighted by atomic mass is 35.5. The highest BCUT2D eigenvalue weighted by Gasteiger charge is 2.24. The summed E-state index contributed by atoms with van der Waals surface area (Å²) in [5.74, 6) is 2.29. The summed E-state index contributed by atoms with van der Waals surface area (Å²) in [4.78, 5) is 0. The number of rotatable bonds is 5. The minimum absolute atomic E-state index is 0.218. The second kappa shape index (κ2) is 7.98. The molecule has 0 aliphatic carbocycles. The molecule has 164 valence electrons. The van der Waals surface area contributed by atoms with Crippen LogP contribution >= 0.6 is 11.6 Å². The number of fused-ring (bicyclic) bond motifs is 4. The average Bonchev–Trinajstić information content (AvgIpc) is 3.47. The van der Waals surface area contributed by atoms with Crippen molar-refractivity contribution >= 4 is 22.5 Å². The molecule has 0 atom stereocenters. The van der Waals surface area contributed by atoms with Crippen molar-refractivity contribution in [3.8, 4) is 39.8 Å². The van der Waals surface area contributed by atoms with E-state index in [4.69, 9.17) is 25.8 Å². The van der Waals surface area contributed by atoms with Gasteiger partial charge < -0.3 is 18.8 Å². The van der Waals surface area contributed by atoms with Crippen LogP contribution in [0.2, 0.25) is 5.02 Å². The van der Waals surface area contributed by atoms with E-state index in [1.807, 2.05) is 67.6 Å². The number of hydrogen-bond donors (Lipinski definition) is 0. The van der Waals surface area contributed by atoms with Gasteiger partial charge in [-0.25, -0.2) is 0 Å². The lowest BCUT2D eigenvalue weighted by Crippen LogP contribution is -2.04. The zero-order valence-corrected chi connectivity index (χ0v) is 18.7. The van der Waals surface area contributed by atoms with Crippen molar-refractivity contribution in [3.05, 3.63) is 77.4 Å². The second-order valence-corrected chi connectivity index (χ2v) is 8.31. The van der Waals surface area contributed by atoms with Gasteiger partial charge in [0, 0.05) is 40.3 Å². The van der Waals surface area contributed by atoms with Gasteiger partial charge in [0.25, 0.3) is 0 Å². The Bertz CT molecular complexity index is 1430. The molecule has 3 aliphatic rings. The Morgan fingerprint density at radius 1 is 0.939 bits per heavy atom. The van der Waals surface area contributed by atoms with Crippen LogP contribution in [-0.4, -0.2) is 28.2 Å². The van der Waals surface area contributed by atoms with E-state index >= 15 is 0 Å². The van der Waals surface area contributed by atoms with Crippen molar-refractivity contribution in [2.75, 3.05) is 13.4 Å². The maximum Gasteiger partial charge on any atom is 0.231 e. The van der Waals surface area contributed by atoms with Crippen LogP contribution in [0.1, 0.15) is 12.5 Å². The Morgan fingerprint density at radius 2 is 1.67 bits per heavy atom. The molecule has 3 aliphatic heterocycles. The third kappa shape index (κ3) is 3.52. The van der Waals surface area contributed by atoms with E-state index < -0.39 is 0 Å². The summed E-state index contributed by atoms with van der Waals surface area (Å²) < 4.78 is 19.1. The van der Waals surface area contributed by atoms with Crippen molar-refractivity contribution in [3.63, 3.8) is 0 Å². The molecule has 0 radical (unpaired) electrons. The third-order valence-corrected chi connectivity index (χ3v) is 6.06. The van der Waals surface area contributed by atoms with Crippen LogP contribution < -0.4 is 14.2 Å². The number of hydrogen-bond acceptors (Lipinski definition) is 5. The molecule has 3 aromatic rings. The molecule has 0 unspecified atom stereocenters. The molecular weight excluding hydrogens is 438 g/mol. The van der Waals surface area contributed by atoms with E-state index in [0.29, 0.717) is 13.2 Å². The molecule has 33 heavy (non-hydrogen) atoms. The maximum atomic E-state index is 6.09. The highest BCUT2D eigenvalue weighted by Crippen LogP contribution is 2.42. The van der Waals surface area contributed by atoms with Crippen molar-refractivity contribution < 1.29 is 14.2 Å². The Morgan fingerprint density at radius 3 is 2.42 bits per heavy atom. The van der Waals surface area contributed by atoms with Crippen LogP contribution in [0.15, 0.2) is 66.9 Å². The first-order chi connectivity index (χ1) is 16.2. The average molecular weight is 458 g/mol. The maximum absolute atomic E-state index is 6.09. The zero-order valence-electron chi connectivity index (χ0n) is 17.9. The highest BCUT2D eigenvalue weighted by molar-refractivity contribution is 6.30.